The van der Waals surface area contributed by atoms with E-state index in [1.54, 1.807) is 6.20 Å². The van der Waals surface area contributed by atoms with Crippen molar-refractivity contribution in [2.75, 3.05) is 17.2 Å². The van der Waals surface area contributed by atoms with Gasteiger partial charge in [0.25, 0.3) is 0 Å². The van der Waals surface area contributed by atoms with Crippen molar-refractivity contribution in [1.29, 1.82) is 0 Å². The Morgan fingerprint density at radius 1 is 1.09 bits per heavy atom. The average Bonchev–Trinajstić information content (AvgIpc) is 2.57. The number of anilines is 2. The lowest BCUT2D eigenvalue weighted by atomic mass is 10.2. The van der Waals surface area contributed by atoms with Gasteiger partial charge < -0.3 is 15.4 Å². The van der Waals surface area contributed by atoms with E-state index in [4.69, 9.17) is 17.0 Å². The highest BCUT2D eigenvalue weighted by molar-refractivity contribution is 7.80. The molecule has 2 aromatic carbocycles. The van der Waals surface area contributed by atoms with Crippen LogP contribution in [0, 0.1) is 0 Å². The second kappa shape index (κ2) is 7.02. The van der Waals surface area contributed by atoms with Crippen LogP contribution >= 0.6 is 12.2 Å². The number of hydrogen-bond donors (Lipinski definition) is 2. The quantitative estimate of drug-likeness (QED) is 0.711. The minimum atomic E-state index is 0.519. The van der Waals surface area contributed by atoms with Crippen molar-refractivity contribution in [3.63, 3.8) is 0 Å². The van der Waals surface area contributed by atoms with Gasteiger partial charge >= 0.3 is 0 Å². The van der Waals surface area contributed by atoms with Crippen LogP contribution in [0.15, 0.2) is 55.0 Å². The molecule has 0 unspecified atom stereocenters. The summed E-state index contributed by atoms with van der Waals surface area (Å²) >= 11 is 5.34. The topological polar surface area (TPSA) is 59.1 Å². The number of nitrogens with zero attached hydrogens (tertiary/aromatic N) is 2. The van der Waals surface area contributed by atoms with Crippen LogP contribution in [-0.4, -0.2) is 21.7 Å². The highest BCUT2D eigenvalue weighted by Gasteiger charge is 2.02. The molecule has 0 aliphatic carbocycles. The summed E-state index contributed by atoms with van der Waals surface area (Å²) in [5.41, 5.74) is 2.68. The summed E-state index contributed by atoms with van der Waals surface area (Å²) in [4.78, 5) is 8.22. The van der Waals surface area contributed by atoms with Crippen molar-refractivity contribution in [2.24, 2.45) is 0 Å². The minimum absolute atomic E-state index is 0.519. The van der Waals surface area contributed by atoms with Gasteiger partial charge in [0.2, 0.25) is 0 Å². The monoisotopic (exact) mass is 324 g/mol. The smallest absolute Gasteiger partial charge is 0.175 e. The summed E-state index contributed by atoms with van der Waals surface area (Å²) in [6.07, 6.45) is 3.31. The van der Waals surface area contributed by atoms with Crippen LogP contribution in [0.2, 0.25) is 0 Å². The molecule has 23 heavy (non-hydrogen) atoms. The van der Waals surface area contributed by atoms with Crippen molar-refractivity contribution in [1.82, 2.24) is 9.97 Å². The van der Waals surface area contributed by atoms with Gasteiger partial charge in [-0.15, -0.1) is 0 Å². The normalized spacial score (nSPS) is 10.3. The zero-order valence-corrected chi connectivity index (χ0v) is 13.4. The fourth-order valence-corrected chi connectivity index (χ4v) is 2.39. The first-order valence-corrected chi connectivity index (χ1v) is 7.66. The van der Waals surface area contributed by atoms with Gasteiger partial charge in [-0.25, -0.2) is 9.97 Å². The Bertz CT molecular complexity index is 820. The molecule has 1 aromatic heterocycles. The van der Waals surface area contributed by atoms with Gasteiger partial charge in [-0.1, -0.05) is 0 Å². The lowest BCUT2D eigenvalue weighted by Crippen LogP contribution is -2.18. The van der Waals surface area contributed by atoms with Crippen molar-refractivity contribution >= 4 is 39.6 Å². The number of hydrogen-bond acceptors (Lipinski definition) is 4. The molecule has 6 heteroatoms. The third kappa shape index (κ3) is 3.92. The number of benzene rings is 2. The zero-order chi connectivity index (χ0) is 16.1. The fourth-order valence-electron chi connectivity index (χ4n) is 2.16. The second-order valence-electron chi connectivity index (χ2n) is 4.83. The van der Waals surface area contributed by atoms with Crippen LogP contribution in [0.1, 0.15) is 6.92 Å². The third-order valence-corrected chi connectivity index (χ3v) is 3.39. The van der Waals surface area contributed by atoms with E-state index in [1.165, 1.54) is 6.33 Å². The molecular formula is C17H16N4OS. The van der Waals surface area contributed by atoms with Crippen molar-refractivity contribution < 1.29 is 4.74 Å². The summed E-state index contributed by atoms with van der Waals surface area (Å²) < 4.78 is 5.41. The molecule has 2 N–H and O–H groups in total. The van der Waals surface area contributed by atoms with Crippen LogP contribution in [0.5, 0.6) is 5.75 Å². The van der Waals surface area contributed by atoms with Gasteiger partial charge in [-0.2, -0.15) is 0 Å². The Morgan fingerprint density at radius 2 is 1.83 bits per heavy atom. The molecule has 0 radical (unpaired) electrons. The molecule has 0 spiro atoms. The number of thiocarbonyl (C=S) groups is 1. The van der Waals surface area contributed by atoms with Crippen LogP contribution in [0.25, 0.3) is 10.9 Å². The maximum absolute atomic E-state index is 5.41. The van der Waals surface area contributed by atoms with Crippen LogP contribution in [0.4, 0.5) is 11.4 Å². The molecule has 5 nitrogen and oxygen atoms in total. The number of rotatable bonds is 4. The summed E-state index contributed by atoms with van der Waals surface area (Å²) in [5, 5.41) is 7.78. The third-order valence-electron chi connectivity index (χ3n) is 3.19. The number of nitrogens with one attached hydrogen (secondary N) is 2. The number of fused-ring (bicyclic) bond motifs is 1. The maximum Gasteiger partial charge on any atom is 0.175 e. The summed E-state index contributed by atoms with van der Waals surface area (Å²) in [6.45, 7) is 2.61. The van der Waals surface area contributed by atoms with E-state index < -0.39 is 0 Å². The SMILES string of the molecule is CCOc1ccc(NC(=S)Nc2ccc3ncncc3c2)cc1. The highest BCUT2D eigenvalue weighted by atomic mass is 32.1. The Labute approximate surface area is 139 Å². The second-order valence-corrected chi connectivity index (χ2v) is 5.24. The first-order chi connectivity index (χ1) is 11.2. The highest BCUT2D eigenvalue weighted by Crippen LogP contribution is 2.18. The van der Waals surface area contributed by atoms with E-state index in [9.17, 15) is 0 Å². The number of aromatic nitrogens is 2. The summed E-state index contributed by atoms with van der Waals surface area (Å²) in [6, 6.07) is 13.5. The van der Waals surface area contributed by atoms with Gasteiger partial charge in [0.1, 0.15) is 12.1 Å². The van der Waals surface area contributed by atoms with Crippen molar-refractivity contribution in [2.45, 2.75) is 6.92 Å². The van der Waals surface area contributed by atoms with Crippen LogP contribution in [0.3, 0.4) is 0 Å². The van der Waals surface area contributed by atoms with E-state index in [0.29, 0.717) is 11.7 Å². The van der Waals surface area contributed by atoms with E-state index in [2.05, 4.69) is 20.6 Å². The lowest BCUT2D eigenvalue weighted by molar-refractivity contribution is 0.340. The molecule has 0 aliphatic heterocycles. The average molecular weight is 324 g/mol. The van der Waals surface area contributed by atoms with Crippen molar-refractivity contribution in [3.05, 3.63) is 55.0 Å². The largest absolute Gasteiger partial charge is 0.494 e. The van der Waals surface area contributed by atoms with Crippen LogP contribution < -0.4 is 15.4 Å². The fraction of sp³-hybridized carbons (Fsp3) is 0.118. The molecule has 0 saturated carbocycles. The van der Waals surface area contributed by atoms with E-state index in [-0.39, 0.29) is 0 Å². The first-order valence-electron chi connectivity index (χ1n) is 7.25. The molecule has 3 rings (SSSR count). The van der Waals surface area contributed by atoms with Gasteiger partial charge in [-0.05, 0) is 61.6 Å². The standard InChI is InChI=1S/C17H16N4OS/c1-2-22-15-6-3-13(4-7-15)20-17(23)21-14-5-8-16-12(9-14)10-18-11-19-16/h3-11H,2H2,1H3,(H2,20,21,23). The maximum atomic E-state index is 5.41. The summed E-state index contributed by atoms with van der Waals surface area (Å²) in [5.74, 6) is 0.839. The lowest BCUT2D eigenvalue weighted by Gasteiger charge is -2.11. The minimum Gasteiger partial charge on any atom is -0.494 e. The Hall–Kier alpha value is -2.73. The predicted octanol–water partition coefficient (Wildman–Crippen LogP) is 3.84. The Kier molecular flexibility index (Phi) is 4.63. The zero-order valence-electron chi connectivity index (χ0n) is 12.6. The molecule has 0 aliphatic rings. The van der Waals surface area contributed by atoms with E-state index in [0.717, 1.165) is 28.0 Å². The molecule has 0 bridgehead atoms. The molecule has 0 fully saturated rings. The summed E-state index contributed by atoms with van der Waals surface area (Å²) in [7, 11) is 0. The molecule has 0 saturated heterocycles. The van der Waals surface area contributed by atoms with Gasteiger partial charge in [0, 0.05) is 23.0 Å². The van der Waals surface area contributed by atoms with Gasteiger partial charge in [0.05, 0.1) is 12.1 Å². The molecule has 1 heterocycles. The van der Waals surface area contributed by atoms with Crippen LogP contribution in [-0.2, 0) is 0 Å². The molecule has 0 atom stereocenters. The predicted molar refractivity (Wildman–Crippen MR) is 97.0 cm³/mol. The molecule has 0 amide bonds. The molecular weight excluding hydrogens is 308 g/mol. The Balaban J connectivity index is 1.65. The van der Waals surface area contributed by atoms with Gasteiger partial charge in [-0.3, -0.25) is 0 Å². The molecule has 116 valence electrons. The number of ether oxygens (including phenoxy) is 1. The van der Waals surface area contributed by atoms with Crippen molar-refractivity contribution in [3.8, 4) is 5.75 Å². The first kappa shape index (κ1) is 15.2. The molecule has 3 aromatic rings. The van der Waals surface area contributed by atoms with E-state index in [1.807, 2.05) is 49.4 Å². The Morgan fingerprint density at radius 3 is 2.61 bits per heavy atom. The van der Waals surface area contributed by atoms with E-state index >= 15 is 0 Å². The van der Waals surface area contributed by atoms with Gasteiger partial charge in [0.15, 0.2) is 5.11 Å².